The molecule has 0 fully saturated rings. The molecule has 0 aromatic carbocycles. The number of rotatable bonds is 6. The van der Waals surface area contributed by atoms with E-state index in [0.29, 0.717) is 24.6 Å². The van der Waals surface area contributed by atoms with Gasteiger partial charge >= 0.3 is 5.97 Å². The van der Waals surface area contributed by atoms with Crippen molar-refractivity contribution in [3.63, 3.8) is 0 Å². The highest BCUT2D eigenvalue weighted by Crippen LogP contribution is 2.18. The van der Waals surface area contributed by atoms with Crippen molar-refractivity contribution in [1.29, 1.82) is 0 Å². The Kier molecular flexibility index (Phi) is 4.96. The molecule has 0 amide bonds. The third kappa shape index (κ3) is 3.45. The molecule has 17 heavy (non-hydrogen) atoms. The van der Waals surface area contributed by atoms with E-state index in [0.717, 1.165) is 6.54 Å². The van der Waals surface area contributed by atoms with Gasteiger partial charge in [-0.1, -0.05) is 0 Å². The van der Waals surface area contributed by atoms with E-state index in [1.54, 1.807) is 11.6 Å². The molecule has 0 unspecified atom stereocenters. The predicted octanol–water partition coefficient (Wildman–Crippen LogP) is 0.630. The Bertz CT molecular complexity index is 374. The molecule has 1 rings (SSSR count). The number of ether oxygens (including phenoxy) is 2. The van der Waals surface area contributed by atoms with Crippen molar-refractivity contribution in [2.45, 2.75) is 13.5 Å². The molecule has 0 bridgehead atoms. The molecule has 6 heteroatoms. The van der Waals surface area contributed by atoms with Crippen molar-refractivity contribution in [2.24, 2.45) is 0 Å². The first kappa shape index (κ1) is 13.5. The van der Waals surface area contributed by atoms with Gasteiger partial charge in [-0.3, -0.25) is 4.68 Å². The van der Waals surface area contributed by atoms with Crippen molar-refractivity contribution in [3.05, 3.63) is 11.9 Å². The lowest BCUT2D eigenvalue weighted by Gasteiger charge is -2.11. The van der Waals surface area contributed by atoms with Gasteiger partial charge in [-0.25, -0.2) is 4.79 Å². The molecular formula is C11H19N3O3. The number of carbonyl (C=O) groups is 1. The van der Waals surface area contributed by atoms with Crippen molar-refractivity contribution in [3.8, 4) is 5.75 Å². The molecule has 6 nitrogen and oxygen atoms in total. The fourth-order valence-electron chi connectivity index (χ4n) is 1.39. The molecule has 0 spiro atoms. The summed E-state index contributed by atoms with van der Waals surface area (Å²) in [6.45, 7) is 3.51. The SMILES string of the molecule is CCOC(=O)c1c(OC)cnn1CCN(C)C. The zero-order valence-electron chi connectivity index (χ0n) is 10.8. The van der Waals surface area contributed by atoms with Crippen molar-refractivity contribution < 1.29 is 14.3 Å². The van der Waals surface area contributed by atoms with Crippen LogP contribution in [0, 0.1) is 0 Å². The molecule has 0 aliphatic rings. The van der Waals surface area contributed by atoms with Crippen LogP contribution in [-0.4, -0.2) is 55.0 Å². The maximum Gasteiger partial charge on any atom is 0.360 e. The smallest absolute Gasteiger partial charge is 0.360 e. The molecule has 1 heterocycles. The summed E-state index contributed by atoms with van der Waals surface area (Å²) in [5.41, 5.74) is 0.371. The summed E-state index contributed by atoms with van der Waals surface area (Å²) in [6.07, 6.45) is 1.53. The minimum Gasteiger partial charge on any atom is -0.493 e. The first-order chi connectivity index (χ1) is 8.10. The second kappa shape index (κ2) is 6.24. The molecule has 96 valence electrons. The standard InChI is InChI=1S/C11H19N3O3/c1-5-17-11(15)10-9(16-4)8-12-14(10)7-6-13(2)3/h8H,5-7H2,1-4H3. The van der Waals surface area contributed by atoms with Crippen LogP contribution in [0.4, 0.5) is 0 Å². The molecule has 0 N–H and O–H groups in total. The van der Waals surface area contributed by atoms with Gasteiger partial charge in [0, 0.05) is 6.54 Å². The maximum absolute atomic E-state index is 11.8. The van der Waals surface area contributed by atoms with Gasteiger partial charge in [0.05, 0.1) is 26.5 Å². The van der Waals surface area contributed by atoms with Crippen molar-refractivity contribution in [1.82, 2.24) is 14.7 Å². The molecule has 1 aromatic heterocycles. The second-order valence-electron chi connectivity index (χ2n) is 3.81. The van der Waals surface area contributed by atoms with Crippen LogP contribution in [0.1, 0.15) is 17.4 Å². The number of hydrogen-bond donors (Lipinski definition) is 0. The van der Waals surface area contributed by atoms with Gasteiger partial charge in [-0.15, -0.1) is 0 Å². The number of aromatic nitrogens is 2. The van der Waals surface area contributed by atoms with E-state index < -0.39 is 5.97 Å². The number of esters is 1. The fourth-order valence-corrected chi connectivity index (χ4v) is 1.39. The lowest BCUT2D eigenvalue weighted by Crippen LogP contribution is -2.22. The van der Waals surface area contributed by atoms with Gasteiger partial charge in [-0.05, 0) is 21.0 Å². The predicted molar refractivity (Wildman–Crippen MR) is 63.3 cm³/mol. The van der Waals surface area contributed by atoms with Crippen LogP contribution in [0.2, 0.25) is 0 Å². The second-order valence-corrected chi connectivity index (χ2v) is 3.81. The Labute approximate surface area is 101 Å². The number of hydrogen-bond acceptors (Lipinski definition) is 5. The largest absolute Gasteiger partial charge is 0.493 e. The monoisotopic (exact) mass is 241 g/mol. The summed E-state index contributed by atoms with van der Waals surface area (Å²) in [5.74, 6) is 0.0443. The quantitative estimate of drug-likeness (QED) is 0.684. The Hall–Kier alpha value is -1.56. The number of methoxy groups -OCH3 is 1. The van der Waals surface area contributed by atoms with Crippen molar-refractivity contribution in [2.75, 3.05) is 34.4 Å². The highest BCUT2D eigenvalue weighted by Gasteiger charge is 2.20. The normalized spacial score (nSPS) is 10.6. The Balaban J connectivity index is 2.89. The summed E-state index contributed by atoms with van der Waals surface area (Å²) in [6, 6.07) is 0. The zero-order chi connectivity index (χ0) is 12.8. The zero-order valence-corrected chi connectivity index (χ0v) is 10.8. The van der Waals surface area contributed by atoms with E-state index >= 15 is 0 Å². The summed E-state index contributed by atoms with van der Waals surface area (Å²) < 4.78 is 11.7. The Morgan fingerprint density at radius 2 is 2.24 bits per heavy atom. The molecule has 0 aliphatic heterocycles. The Morgan fingerprint density at radius 1 is 1.53 bits per heavy atom. The molecular weight excluding hydrogens is 222 g/mol. The van der Waals surface area contributed by atoms with Crippen LogP contribution in [-0.2, 0) is 11.3 Å². The number of nitrogens with zero attached hydrogens (tertiary/aromatic N) is 3. The summed E-state index contributed by atoms with van der Waals surface area (Å²) in [7, 11) is 5.44. The van der Waals surface area contributed by atoms with Crippen LogP contribution in [0.3, 0.4) is 0 Å². The average Bonchev–Trinajstić information content (AvgIpc) is 2.69. The first-order valence-electron chi connectivity index (χ1n) is 5.51. The molecule has 0 radical (unpaired) electrons. The highest BCUT2D eigenvalue weighted by atomic mass is 16.5. The maximum atomic E-state index is 11.8. The van der Waals surface area contributed by atoms with Crippen LogP contribution in [0.15, 0.2) is 6.20 Å². The number of carbonyl (C=O) groups excluding carboxylic acids is 1. The van der Waals surface area contributed by atoms with Crippen LogP contribution < -0.4 is 4.74 Å². The molecule has 0 saturated heterocycles. The third-order valence-corrected chi connectivity index (χ3v) is 2.25. The summed E-state index contributed by atoms with van der Waals surface area (Å²) >= 11 is 0. The van der Waals surface area contributed by atoms with E-state index in [9.17, 15) is 4.79 Å². The summed E-state index contributed by atoms with van der Waals surface area (Å²) in [5, 5.41) is 4.13. The van der Waals surface area contributed by atoms with Crippen LogP contribution >= 0.6 is 0 Å². The minimum atomic E-state index is -0.402. The van der Waals surface area contributed by atoms with E-state index in [1.807, 2.05) is 19.0 Å². The topological polar surface area (TPSA) is 56.6 Å². The van der Waals surface area contributed by atoms with Crippen molar-refractivity contribution >= 4 is 5.97 Å². The minimum absolute atomic E-state index is 0.334. The lowest BCUT2D eigenvalue weighted by molar-refractivity contribution is 0.0507. The molecule has 0 aliphatic carbocycles. The third-order valence-electron chi connectivity index (χ3n) is 2.25. The van der Waals surface area contributed by atoms with Gasteiger partial charge in [0.25, 0.3) is 0 Å². The molecule has 1 aromatic rings. The van der Waals surface area contributed by atoms with Crippen LogP contribution in [0.25, 0.3) is 0 Å². The highest BCUT2D eigenvalue weighted by molar-refractivity contribution is 5.90. The lowest BCUT2D eigenvalue weighted by atomic mass is 10.4. The first-order valence-corrected chi connectivity index (χ1v) is 5.51. The van der Waals surface area contributed by atoms with E-state index in [-0.39, 0.29) is 0 Å². The van der Waals surface area contributed by atoms with E-state index in [2.05, 4.69) is 5.10 Å². The summed E-state index contributed by atoms with van der Waals surface area (Å²) in [4.78, 5) is 13.8. The van der Waals surface area contributed by atoms with Gasteiger partial charge in [0.2, 0.25) is 0 Å². The average molecular weight is 241 g/mol. The van der Waals surface area contributed by atoms with Gasteiger partial charge in [0.15, 0.2) is 11.4 Å². The van der Waals surface area contributed by atoms with E-state index in [4.69, 9.17) is 9.47 Å². The van der Waals surface area contributed by atoms with Crippen LogP contribution in [0.5, 0.6) is 5.75 Å². The fraction of sp³-hybridized carbons (Fsp3) is 0.636. The number of likely N-dealkylation sites (N-methyl/N-ethyl adjacent to an activating group) is 1. The molecule has 0 saturated carbocycles. The Morgan fingerprint density at radius 3 is 2.76 bits per heavy atom. The van der Waals surface area contributed by atoms with Gasteiger partial charge in [0.1, 0.15) is 0 Å². The molecule has 0 atom stereocenters. The van der Waals surface area contributed by atoms with Gasteiger partial charge in [-0.2, -0.15) is 5.10 Å². The van der Waals surface area contributed by atoms with Gasteiger partial charge < -0.3 is 14.4 Å². The van der Waals surface area contributed by atoms with E-state index in [1.165, 1.54) is 13.3 Å².